The van der Waals surface area contributed by atoms with Crippen LogP contribution < -0.4 is 5.01 Å². The van der Waals surface area contributed by atoms with E-state index in [0.717, 1.165) is 28.5 Å². The van der Waals surface area contributed by atoms with Gasteiger partial charge in [-0.15, -0.1) is 0 Å². The average Bonchev–Trinajstić information content (AvgIpc) is 3.27. The van der Waals surface area contributed by atoms with E-state index in [1.54, 1.807) is 6.92 Å². The summed E-state index contributed by atoms with van der Waals surface area (Å²) in [5, 5.41) is 7.63. The van der Waals surface area contributed by atoms with Crippen molar-refractivity contribution in [3.8, 4) is 0 Å². The molecular weight excluding hydrogens is 342 g/mol. The van der Waals surface area contributed by atoms with Gasteiger partial charge in [0.15, 0.2) is 5.78 Å². The van der Waals surface area contributed by atoms with Crippen LogP contribution in [0.25, 0.3) is 0 Å². The molecule has 0 saturated heterocycles. The molecule has 130 valence electrons. The van der Waals surface area contributed by atoms with Gasteiger partial charge in [0.05, 0.1) is 22.3 Å². The van der Waals surface area contributed by atoms with E-state index in [1.807, 2.05) is 48.3 Å². The third-order valence-corrected chi connectivity index (χ3v) is 5.75. The number of carbonyl (C=O) groups is 1. The van der Waals surface area contributed by atoms with Crippen molar-refractivity contribution in [1.29, 1.82) is 0 Å². The smallest absolute Gasteiger partial charge is 0.207 e. The maximum atomic E-state index is 11.8. The number of aryl methyl sites for hydroxylation is 1. The fourth-order valence-electron chi connectivity index (χ4n) is 3.23. The number of ketones is 1. The highest BCUT2D eigenvalue weighted by atomic mass is 32.1. The summed E-state index contributed by atoms with van der Waals surface area (Å²) in [7, 11) is 0. The fourth-order valence-corrected chi connectivity index (χ4v) is 4.20. The van der Waals surface area contributed by atoms with Crippen molar-refractivity contribution in [3.05, 3.63) is 82.4 Å². The van der Waals surface area contributed by atoms with E-state index in [2.05, 4.69) is 29.2 Å². The highest BCUT2D eigenvalue weighted by molar-refractivity contribution is 7.17. The van der Waals surface area contributed by atoms with Crippen molar-refractivity contribution in [2.24, 2.45) is 5.10 Å². The van der Waals surface area contributed by atoms with Gasteiger partial charge in [0.1, 0.15) is 0 Å². The Balaban J connectivity index is 1.77. The molecule has 1 aliphatic rings. The Morgan fingerprint density at radius 3 is 2.35 bits per heavy atom. The summed E-state index contributed by atoms with van der Waals surface area (Å²) in [6.07, 6.45) is 0.808. The van der Waals surface area contributed by atoms with Gasteiger partial charge in [-0.05, 0) is 18.1 Å². The van der Waals surface area contributed by atoms with E-state index < -0.39 is 0 Å². The number of benzene rings is 2. The van der Waals surface area contributed by atoms with Crippen LogP contribution in [0, 0.1) is 6.92 Å². The van der Waals surface area contributed by atoms with Crippen molar-refractivity contribution in [3.63, 3.8) is 0 Å². The van der Waals surface area contributed by atoms with E-state index in [4.69, 9.17) is 5.10 Å². The van der Waals surface area contributed by atoms with Crippen LogP contribution in [0.2, 0.25) is 0 Å². The first kappa shape index (κ1) is 16.7. The summed E-state index contributed by atoms with van der Waals surface area (Å²) in [6, 6.07) is 20.6. The Bertz CT molecular complexity index is 963. The zero-order chi connectivity index (χ0) is 18.1. The predicted molar refractivity (Wildman–Crippen MR) is 106 cm³/mol. The van der Waals surface area contributed by atoms with E-state index in [9.17, 15) is 4.79 Å². The van der Waals surface area contributed by atoms with Gasteiger partial charge in [-0.2, -0.15) is 5.10 Å². The van der Waals surface area contributed by atoms with Crippen molar-refractivity contribution >= 4 is 28.0 Å². The molecule has 1 atom stereocenters. The number of thiazole rings is 1. The maximum absolute atomic E-state index is 11.8. The number of carbonyl (C=O) groups excluding carboxylic acids is 1. The molecule has 0 saturated carbocycles. The molecule has 0 spiro atoms. The van der Waals surface area contributed by atoms with Gasteiger partial charge >= 0.3 is 0 Å². The first-order valence-electron chi connectivity index (χ1n) is 8.59. The molecule has 1 aliphatic heterocycles. The molecule has 4 nitrogen and oxygen atoms in total. The van der Waals surface area contributed by atoms with Gasteiger partial charge < -0.3 is 0 Å². The Hall–Kier alpha value is -2.79. The van der Waals surface area contributed by atoms with Crippen LogP contribution >= 0.6 is 11.3 Å². The number of aromatic nitrogens is 1. The van der Waals surface area contributed by atoms with Gasteiger partial charge in [0.25, 0.3) is 0 Å². The molecule has 26 heavy (non-hydrogen) atoms. The lowest BCUT2D eigenvalue weighted by molar-refractivity contribution is 0.102. The summed E-state index contributed by atoms with van der Waals surface area (Å²) >= 11 is 1.42. The zero-order valence-corrected chi connectivity index (χ0v) is 15.5. The molecule has 0 unspecified atom stereocenters. The molecule has 0 N–H and O–H groups in total. The Morgan fingerprint density at radius 1 is 1.08 bits per heavy atom. The lowest BCUT2D eigenvalue weighted by Gasteiger charge is -2.21. The normalized spacial score (nSPS) is 16.6. The second-order valence-electron chi connectivity index (χ2n) is 6.36. The molecule has 0 bridgehead atoms. The number of hydrazone groups is 1. The first-order chi connectivity index (χ1) is 12.6. The van der Waals surface area contributed by atoms with Crippen LogP contribution in [0.3, 0.4) is 0 Å². The molecule has 0 radical (unpaired) electrons. The number of hydrogen-bond acceptors (Lipinski definition) is 5. The van der Waals surface area contributed by atoms with Crippen LogP contribution in [0.15, 0.2) is 65.8 Å². The molecule has 4 rings (SSSR count). The topological polar surface area (TPSA) is 45.6 Å². The number of rotatable bonds is 4. The molecule has 1 aromatic heterocycles. The van der Waals surface area contributed by atoms with Crippen LogP contribution in [-0.2, 0) is 0 Å². The lowest BCUT2D eigenvalue weighted by atomic mass is 9.99. The molecule has 0 aliphatic carbocycles. The van der Waals surface area contributed by atoms with E-state index in [-0.39, 0.29) is 11.8 Å². The molecule has 3 aromatic rings. The van der Waals surface area contributed by atoms with E-state index >= 15 is 0 Å². The van der Waals surface area contributed by atoms with Crippen molar-refractivity contribution < 1.29 is 4.79 Å². The van der Waals surface area contributed by atoms with E-state index in [0.29, 0.717) is 4.88 Å². The number of Topliss-reactive ketones (excluding diaryl/α,β-unsaturated/α-hetero) is 1. The summed E-state index contributed by atoms with van der Waals surface area (Å²) in [5.74, 6) is 0.0500. The SMILES string of the molecule is CC(=O)c1sc(N2N=C(c3ccccc3)C[C@H]2c2ccccc2)nc1C. The number of anilines is 1. The average molecular weight is 361 g/mol. The van der Waals surface area contributed by atoms with Crippen LogP contribution in [0.1, 0.15) is 45.9 Å². The number of hydrogen-bond donors (Lipinski definition) is 0. The maximum Gasteiger partial charge on any atom is 0.207 e. The molecule has 2 aromatic carbocycles. The van der Waals surface area contributed by atoms with Gasteiger partial charge in [-0.1, -0.05) is 72.0 Å². The fraction of sp³-hybridized carbons (Fsp3) is 0.190. The molecular formula is C21H19N3OS. The minimum absolute atomic E-state index is 0.0500. The minimum atomic E-state index is 0.0500. The standard InChI is InChI=1S/C21H19N3OS/c1-14-20(15(2)25)26-21(22-14)24-19(17-11-7-4-8-12-17)13-18(23-24)16-9-5-3-6-10-16/h3-12,19H,13H2,1-2H3/t19-/m0/s1. The van der Waals surface area contributed by atoms with Crippen LogP contribution in [-0.4, -0.2) is 16.5 Å². The van der Waals surface area contributed by atoms with Gasteiger partial charge in [-0.25, -0.2) is 9.99 Å². The Labute approximate surface area is 156 Å². The van der Waals surface area contributed by atoms with Crippen LogP contribution in [0.4, 0.5) is 5.13 Å². The number of nitrogens with zero attached hydrogens (tertiary/aromatic N) is 3. The molecule has 5 heteroatoms. The molecule has 0 fully saturated rings. The summed E-state index contributed by atoms with van der Waals surface area (Å²) < 4.78 is 0. The van der Waals surface area contributed by atoms with Crippen molar-refractivity contribution in [1.82, 2.24) is 4.98 Å². The second kappa shape index (κ2) is 6.84. The third kappa shape index (κ3) is 3.06. The zero-order valence-electron chi connectivity index (χ0n) is 14.7. The largest absolute Gasteiger partial charge is 0.294 e. The van der Waals surface area contributed by atoms with E-state index in [1.165, 1.54) is 16.9 Å². The third-order valence-electron chi connectivity index (χ3n) is 4.50. The van der Waals surface area contributed by atoms with Gasteiger partial charge in [-0.3, -0.25) is 4.79 Å². The predicted octanol–water partition coefficient (Wildman–Crippen LogP) is 5.01. The second-order valence-corrected chi connectivity index (χ2v) is 7.33. The van der Waals surface area contributed by atoms with Crippen molar-refractivity contribution in [2.75, 3.05) is 5.01 Å². The lowest BCUT2D eigenvalue weighted by Crippen LogP contribution is -2.18. The molecule has 2 heterocycles. The monoisotopic (exact) mass is 361 g/mol. The Kier molecular flexibility index (Phi) is 4.39. The summed E-state index contributed by atoms with van der Waals surface area (Å²) in [6.45, 7) is 3.47. The summed E-state index contributed by atoms with van der Waals surface area (Å²) in [4.78, 5) is 17.2. The van der Waals surface area contributed by atoms with Crippen LogP contribution in [0.5, 0.6) is 0 Å². The van der Waals surface area contributed by atoms with Crippen molar-refractivity contribution in [2.45, 2.75) is 26.3 Å². The van der Waals surface area contributed by atoms with Gasteiger partial charge in [0.2, 0.25) is 5.13 Å². The quantitative estimate of drug-likeness (QED) is 0.614. The Morgan fingerprint density at radius 2 is 1.73 bits per heavy atom. The highest BCUT2D eigenvalue weighted by Crippen LogP contribution is 2.39. The minimum Gasteiger partial charge on any atom is -0.294 e. The molecule has 0 amide bonds. The summed E-state index contributed by atoms with van der Waals surface area (Å²) in [5.41, 5.74) is 4.12. The first-order valence-corrected chi connectivity index (χ1v) is 9.40. The van der Waals surface area contributed by atoms with Gasteiger partial charge in [0, 0.05) is 13.3 Å². The highest BCUT2D eigenvalue weighted by Gasteiger charge is 2.32.